The zero-order valence-corrected chi connectivity index (χ0v) is 16.8. The molecule has 6 nitrogen and oxygen atoms in total. The summed E-state index contributed by atoms with van der Waals surface area (Å²) in [5.74, 6) is 0.224. The van der Waals surface area contributed by atoms with E-state index in [2.05, 4.69) is 40.2 Å². The summed E-state index contributed by atoms with van der Waals surface area (Å²) in [6.07, 6.45) is 3.26. The summed E-state index contributed by atoms with van der Waals surface area (Å²) in [6, 6.07) is 17.3. The zero-order chi connectivity index (χ0) is 20.5. The van der Waals surface area contributed by atoms with Gasteiger partial charge in [0.1, 0.15) is 0 Å². The molecule has 0 aromatic heterocycles. The average molecular weight is 396 g/mol. The van der Waals surface area contributed by atoms with E-state index in [1.54, 1.807) is 31.2 Å². The number of rotatable bonds is 7. The summed E-state index contributed by atoms with van der Waals surface area (Å²) < 4.78 is 4.99. The van der Waals surface area contributed by atoms with Crippen molar-refractivity contribution in [2.24, 2.45) is 5.92 Å². The van der Waals surface area contributed by atoms with Crippen molar-refractivity contribution in [3.8, 4) is 0 Å². The third-order valence-electron chi connectivity index (χ3n) is 5.11. The SMILES string of the molecule is CCOC(=O)c1cccc(NC(=O)NC[C@H]2C[C@H](Cc3ccccc3)CCN2)c1. The number of amides is 2. The summed E-state index contributed by atoms with van der Waals surface area (Å²) in [5, 5.41) is 9.20. The molecule has 0 bridgehead atoms. The molecule has 1 aliphatic rings. The van der Waals surface area contributed by atoms with Crippen LogP contribution >= 0.6 is 0 Å². The molecule has 0 aliphatic carbocycles. The topological polar surface area (TPSA) is 79.5 Å². The van der Waals surface area contributed by atoms with Crippen LogP contribution in [0.2, 0.25) is 0 Å². The highest BCUT2D eigenvalue weighted by Gasteiger charge is 2.22. The highest BCUT2D eigenvalue weighted by Crippen LogP contribution is 2.21. The van der Waals surface area contributed by atoms with Crippen LogP contribution in [0.4, 0.5) is 10.5 Å². The van der Waals surface area contributed by atoms with E-state index >= 15 is 0 Å². The minimum absolute atomic E-state index is 0.258. The van der Waals surface area contributed by atoms with Crippen LogP contribution in [0.15, 0.2) is 54.6 Å². The van der Waals surface area contributed by atoms with Crippen LogP contribution in [0.5, 0.6) is 0 Å². The van der Waals surface area contributed by atoms with Gasteiger partial charge in [0.15, 0.2) is 0 Å². The smallest absolute Gasteiger partial charge is 0.338 e. The Morgan fingerprint density at radius 1 is 1.14 bits per heavy atom. The maximum atomic E-state index is 12.3. The van der Waals surface area contributed by atoms with Gasteiger partial charge in [0.05, 0.1) is 12.2 Å². The van der Waals surface area contributed by atoms with Crippen molar-refractivity contribution < 1.29 is 14.3 Å². The average Bonchev–Trinajstić information content (AvgIpc) is 2.74. The van der Waals surface area contributed by atoms with Crippen molar-refractivity contribution in [1.29, 1.82) is 0 Å². The molecule has 3 N–H and O–H groups in total. The van der Waals surface area contributed by atoms with Gasteiger partial charge in [-0.3, -0.25) is 0 Å². The molecule has 154 valence electrons. The lowest BCUT2D eigenvalue weighted by Crippen LogP contribution is -2.47. The second-order valence-corrected chi connectivity index (χ2v) is 7.37. The van der Waals surface area contributed by atoms with Gasteiger partial charge in [-0.2, -0.15) is 0 Å². The highest BCUT2D eigenvalue weighted by atomic mass is 16.5. The number of carbonyl (C=O) groups is 2. The number of hydrogen-bond donors (Lipinski definition) is 3. The van der Waals surface area contributed by atoms with Crippen LogP contribution in [0.25, 0.3) is 0 Å². The number of carbonyl (C=O) groups excluding carboxylic acids is 2. The fraction of sp³-hybridized carbons (Fsp3) is 0.391. The van der Waals surface area contributed by atoms with Gasteiger partial charge in [-0.15, -0.1) is 0 Å². The van der Waals surface area contributed by atoms with Crippen molar-refractivity contribution >= 4 is 17.7 Å². The van der Waals surface area contributed by atoms with E-state index in [0.717, 1.165) is 25.8 Å². The van der Waals surface area contributed by atoms with E-state index < -0.39 is 5.97 Å². The molecule has 2 aromatic carbocycles. The van der Waals surface area contributed by atoms with Crippen LogP contribution < -0.4 is 16.0 Å². The summed E-state index contributed by atoms with van der Waals surface area (Å²) in [7, 11) is 0. The van der Waals surface area contributed by atoms with Crippen LogP contribution in [0.1, 0.15) is 35.7 Å². The van der Waals surface area contributed by atoms with E-state index in [4.69, 9.17) is 4.74 Å². The van der Waals surface area contributed by atoms with E-state index in [1.807, 2.05) is 6.07 Å². The zero-order valence-electron chi connectivity index (χ0n) is 16.8. The first-order valence-corrected chi connectivity index (χ1v) is 10.2. The van der Waals surface area contributed by atoms with E-state index in [-0.39, 0.29) is 12.1 Å². The molecule has 6 heteroatoms. The van der Waals surface area contributed by atoms with Crippen LogP contribution in [0, 0.1) is 5.92 Å². The van der Waals surface area contributed by atoms with E-state index in [1.165, 1.54) is 5.56 Å². The van der Waals surface area contributed by atoms with Crippen molar-refractivity contribution in [2.45, 2.75) is 32.2 Å². The molecule has 1 saturated heterocycles. The van der Waals surface area contributed by atoms with E-state index in [9.17, 15) is 9.59 Å². The molecule has 0 unspecified atom stereocenters. The monoisotopic (exact) mass is 395 g/mol. The number of piperidine rings is 1. The maximum absolute atomic E-state index is 12.3. The third-order valence-corrected chi connectivity index (χ3v) is 5.11. The lowest BCUT2D eigenvalue weighted by atomic mass is 9.87. The predicted molar refractivity (Wildman–Crippen MR) is 114 cm³/mol. The molecular weight excluding hydrogens is 366 g/mol. The molecule has 29 heavy (non-hydrogen) atoms. The van der Waals surface area contributed by atoms with Crippen LogP contribution in [0.3, 0.4) is 0 Å². The Kier molecular flexibility index (Phi) is 7.64. The molecule has 2 aromatic rings. The molecule has 1 heterocycles. The summed E-state index contributed by atoms with van der Waals surface area (Å²) in [5.41, 5.74) is 2.35. The second-order valence-electron chi connectivity index (χ2n) is 7.37. The van der Waals surface area contributed by atoms with Crippen LogP contribution in [-0.2, 0) is 11.2 Å². The number of nitrogens with one attached hydrogen (secondary N) is 3. The molecule has 2 atom stereocenters. The maximum Gasteiger partial charge on any atom is 0.338 e. The number of hydrogen-bond acceptors (Lipinski definition) is 4. The summed E-state index contributed by atoms with van der Waals surface area (Å²) >= 11 is 0. The van der Waals surface area contributed by atoms with E-state index in [0.29, 0.717) is 30.3 Å². The van der Waals surface area contributed by atoms with Gasteiger partial charge in [-0.05, 0) is 62.4 Å². The highest BCUT2D eigenvalue weighted by molar-refractivity contribution is 5.93. The quantitative estimate of drug-likeness (QED) is 0.626. The van der Waals surface area contributed by atoms with Gasteiger partial charge < -0.3 is 20.7 Å². The largest absolute Gasteiger partial charge is 0.462 e. The first-order chi connectivity index (χ1) is 14.1. The number of anilines is 1. The standard InChI is InChI=1S/C23H29N3O3/c1-2-29-22(27)19-9-6-10-20(15-19)26-23(28)25-16-21-14-18(11-12-24-21)13-17-7-4-3-5-8-17/h3-10,15,18,21,24H,2,11-14,16H2,1H3,(H2,25,26,28)/t18-,21+/m0/s1. The van der Waals surface area contributed by atoms with Gasteiger partial charge in [0, 0.05) is 18.3 Å². The van der Waals surface area contributed by atoms with Crippen molar-refractivity contribution in [3.05, 3.63) is 65.7 Å². The fourth-order valence-corrected chi connectivity index (χ4v) is 3.71. The lowest BCUT2D eigenvalue weighted by Gasteiger charge is -2.30. The Balaban J connectivity index is 1.45. The minimum atomic E-state index is -0.396. The first-order valence-electron chi connectivity index (χ1n) is 10.2. The number of benzene rings is 2. The second kappa shape index (κ2) is 10.6. The fourth-order valence-electron chi connectivity index (χ4n) is 3.71. The van der Waals surface area contributed by atoms with Gasteiger partial charge in [-0.25, -0.2) is 9.59 Å². The molecule has 0 spiro atoms. The predicted octanol–water partition coefficient (Wildman–Crippen LogP) is 3.60. The minimum Gasteiger partial charge on any atom is -0.462 e. The Morgan fingerprint density at radius 3 is 2.76 bits per heavy atom. The molecule has 0 saturated carbocycles. The van der Waals surface area contributed by atoms with Gasteiger partial charge in [0.2, 0.25) is 0 Å². The van der Waals surface area contributed by atoms with Crippen LogP contribution in [-0.4, -0.2) is 37.7 Å². The molecule has 1 fully saturated rings. The van der Waals surface area contributed by atoms with Gasteiger partial charge >= 0.3 is 12.0 Å². The summed E-state index contributed by atoms with van der Waals surface area (Å²) in [4.78, 5) is 24.1. The molecule has 1 aliphatic heterocycles. The normalized spacial score (nSPS) is 18.7. The lowest BCUT2D eigenvalue weighted by molar-refractivity contribution is 0.0526. The Hall–Kier alpha value is -2.86. The Bertz CT molecular complexity index is 810. The molecular formula is C23H29N3O3. The number of ether oxygens (including phenoxy) is 1. The van der Waals surface area contributed by atoms with Gasteiger partial charge in [0.25, 0.3) is 0 Å². The molecule has 3 rings (SSSR count). The van der Waals surface area contributed by atoms with Crippen molar-refractivity contribution in [1.82, 2.24) is 10.6 Å². The number of esters is 1. The summed E-state index contributed by atoms with van der Waals surface area (Å²) in [6.45, 7) is 3.61. The Morgan fingerprint density at radius 2 is 1.97 bits per heavy atom. The molecule has 0 radical (unpaired) electrons. The number of urea groups is 1. The first kappa shape index (κ1) is 20.9. The van der Waals surface area contributed by atoms with Crippen molar-refractivity contribution in [3.63, 3.8) is 0 Å². The van der Waals surface area contributed by atoms with Crippen molar-refractivity contribution in [2.75, 3.05) is 25.0 Å². The van der Waals surface area contributed by atoms with Gasteiger partial charge in [-0.1, -0.05) is 36.4 Å². The third kappa shape index (κ3) is 6.61. The Labute approximate surface area is 172 Å². The molecule has 2 amide bonds.